The highest BCUT2D eigenvalue weighted by atomic mass is 16.2. The van der Waals surface area contributed by atoms with Crippen LogP contribution in [0.5, 0.6) is 0 Å². The molecule has 0 heterocycles. The topological polar surface area (TPSA) is 34.1 Å². The first-order chi connectivity index (χ1) is 4.60. The van der Waals surface area contributed by atoms with Gasteiger partial charge in [-0.3, -0.25) is 9.59 Å². The Bertz CT molecular complexity index is 184. The fourth-order valence-corrected chi connectivity index (χ4v) is 1.29. The van der Waals surface area contributed by atoms with Gasteiger partial charge in [0.1, 0.15) is 0 Å². The standard InChI is InChI=1S/C8H12O2/c1-3-8(2)5-4-6(9)7(8)10/h3-5H2,1-2H3. The number of hydrogen-bond acceptors (Lipinski definition) is 2. The summed E-state index contributed by atoms with van der Waals surface area (Å²) in [4.78, 5) is 21.9. The summed E-state index contributed by atoms with van der Waals surface area (Å²) in [7, 11) is 0. The maximum Gasteiger partial charge on any atom is 0.204 e. The minimum Gasteiger partial charge on any atom is -0.291 e. The maximum atomic E-state index is 11.1. The van der Waals surface area contributed by atoms with E-state index < -0.39 is 0 Å². The third kappa shape index (κ3) is 0.877. The van der Waals surface area contributed by atoms with Crippen LogP contribution in [0.4, 0.5) is 0 Å². The number of hydrogen-bond donors (Lipinski definition) is 0. The SMILES string of the molecule is CCC1(C)CCC(=O)C1=O. The van der Waals surface area contributed by atoms with E-state index in [4.69, 9.17) is 0 Å². The molecule has 0 N–H and O–H groups in total. The zero-order valence-electron chi connectivity index (χ0n) is 6.44. The summed E-state index contributed by atoms with van der Waals surface area (Å²) in [6, 6.07) is 0. The molecule has 1 saturated carbocycles. The maximum absolute atomic E-state index is 11.1. The zero-order chi connectivity index (χ0) is 7.78. The summed E-state index contributed by atoms with van der Waals surface area (Å²) >= 11 is 0. The molecule has 56 valence electrons. The first-order valence-corrected chi connectivity index (χ1v) is 3.68. The van der Waals surface area contributed by atoms with Crippen LogP contribution in [-0.2, 0) is 9.59 Å². The van der Waals surface area contributed by atoms with Crippen molar-refractivity contribution in [1.29, 1.82) is 0 Å². The summed E-state index contributed by atoms with van der Waals surface area (Å²) in [5.74, 6) is -0.334. The Balaban J connectivity index is 2.83. The summed E-state index contributed by atoms with van der Waals surface area (Å²) in [5, 5.41) is 0. The molecule has 1 fully saturated rings. The van der Waals surface area contributed by atoms with Gasteiger partial charge in [-0.15, -0.1) is 0 Å². The van der Waals surface area contributed by atoms with E-state index in [0.717, 1.165) is 12.8 Å². The Kier molecular flexibility index (Phi) is 1.63. The van der Waals surface area contributed by atoms with E-state index in [9.17, 15) is 9.59 Å². The molecule has 2 nitrogen and oxygen atoms in total. The second-order valence-corrected chi connectivity index (χ2v) is 3.17. The highest BCUT2D eigenvalue weighted by Gasteiger charge is 2.41. The molecule has 1 aliphatic carbocycles. The monoisotopic (exact) mass is 140 g/mol. The van der Waals surface area contributed by atoms with Crippen molar-refractivity contribution in [2.24, 2.45) is 5.41 Å². The van der Waals surface area contributed by atoms with Gasteiger partial charge in [0.05, 0.1) is 0 Å². The fraction of sp³-hybridized carbons (Fsp3) is 0.750. The smallest absolute Gasteiger partial charge is 0.204 e. The summed E-state index contributed by atoms with van der Waals surface area (Å²) in [6.07, 6.45) is 2.00. The second kappa shape index (κ2) is 2.19. The van der Waals surface area contributed by atoms with Gasteiger partial charge in [0.15, 0.2) is 5.78 Å². The zero-order valence-corrected chi connectivity index (χ0v) is 6.44. The third-order valence-electron chi connectivity index (χ3n) is 2.49. The molecule has 1 unspecified atom stereocenters. The number of rotatable bonds is 1. The van der Waals surface area contributed by atoms with Gasteiger partial charge in [0, 0.05) is 11.8 Å². The van der Waals surface area contributed by atoms with Crippen LogP contribution in [0.25, 0.3) is 0 Å². The predicted molar refractivity (Wildman–Crippen MR) is 37.6 cm³/mol. The fourth-order valence-electron chi connectivity index (χ4n) is 1.29. The van der Waals surface area contributed by atoms with Gasteiger partial charge in [-0.25, -0.2) is 0 Å². The predicted octanol–water partition coefficient (Wildman–Crippen LogP) is 1.33. The van der Waals surface area contributed by atoms with Crippen LogP contribution in [0.2, 0.25) is 0 Å². The van der Waals surface area contributed by atoms with Crippen LogP contribution >= 0.6 is 0 Å². The Hall–Kier alpha value is -0.660. The largest absolute Gasteiger partial charge is 0.291 e. The molecule has 2 heteroatoms. The lowest BCUT2D eigenvalue weighted by Crippen LogP contribution is -2.24. The van der Waals surface area contributed by atoms with Crippen molar-refractivity contribution < 1.29 is 9.59 Å². The van der Waals surface area contributed by atoms with E-state index in [1.807, 2.05) is 13.8 Å². The van der Waals surface area contributed by atoms with Crippen molar-refractivity contribution in [2.45, 2.75) is 33.1 Å². The number of carbonyl (C=O) groups excluding carboxylic acids is 2. The molecule has 1 rings (SSSR count). The van der Waals surface area contributed by atoms with Gasteiger partial charge in [-0.05, 0) is 12.8 Å². The van der Waals surface area contributed by atoms with Crippen LogP contribution < -0.4 is 0 Å². The Labute approximate surface area is 60.6 Å². The molecule has 0 saturated heterocycles. The lowest BCUT2D eigenvalue weighted by molar-refractivity contribution is -0.138. The van der Waals surface area contributed by atoms with Crippen molar-refractivity contribution in [1.82, 2.24) is 0 Å². The number of carbonyl (C=O) groups is 2. The Morgan fingerprint density at radius 2 is 2.10 bits per heavy atom. The minimum atomic E-state index is -0.322. The molecule has 0 bridgehead atoms. The van der Waals surface area contributed by atoms with Gasteiger partial charge in [-0.2, -0.15) is 0 Å². The van der Waals surface area contributed by atoms with Crippen molar-refractivity contribution in [3.8, 4) is 0 Å². The molecular weight excluding hydrogens is 128 g/mol. The van der Waals surface area contributed by atoms with Gasteiger partial charge in [-0.1, -0.05) is 13.8 Å². The first-order valence-electron chi connectivity index (χ1n) is 3.68. The molecule has 0 aliphatic heterocycles. The van der Waals surface area contributed by atoms with E-state index in [-0.39, 0.29) is 17.0 Å². The molecule has 0 aromatic carbocycles. The van der Waals surface area contributed by atoms with Gasteiger partial charge in [0.2, 0.25) is 5.78 Å². The highest BCUT2D eigenvalue weighted by Crippen LogP contribution is 2.34. The molecule has 0 radical (unpaired) electrons. The van der Waals surface area contributed by atoms with Gasteiger partial charge >= 0.3 is 0 Å². The first kappa shape index (κ1) is 7.45. The highest BCUT2D eigenvalue weighted by molar-refractivity contribution is 6.41. The van der Waals surface area contributed by atoms with E-state index in [1.165, 1.54) is 0 Å². The molecule has 0 aromatic heterocycles. The van der Waals surface area contributed by atoms with Crippen LogP contribution in [0.3, 0.4) is 0 Å². The van der Waals surface area contributed by atoms with Crippen LogP contribution in [0.15, 0.2) is 0 Å². The van der Waals surface area contributed by atoms with Crippen LogP contribution in [0, 0.1) is 5.41 Å². The Morgan fingerprint density at radius 3 is 2.30 bits per heavy atom. The summed E-state index contributed by atoms with van der Waals surface area (Å²) in [6.45, 7) is 3.83. The van der Waals surface area contributed by atoms with E-state index in [2.05, 4.69) is 0 Å². The molecule has 10 heavy (non-hydrogen) atoms. The quantitative estimate of drug-likeness (QED) is 0.515. The van der Waals surface area contributed by atoms with Crippen LogP contribution in [0.1, 0.15) is 33.1 Å². The number of Topliss-reactive ketones (excluding diaryl/α,β-unsaturated/α-hetero) is 2. The molecular formula is C8H12O2. The molecule has 0 aromatic rings. The van der Waals surface area contributed by atoms with Gasteiger partial charge in [0.25, 0.3) is 0 Å². The van der Waals surface area contributed by atoms with Crippen molar-refractivity contribution in [3.05, 3.63) is 0 Å². The lowest BCUT2D eigenvalue weighted by atomic mass is 9.85. The van der Waals surface area contributed by atoms with Crippen molar-refractivity contribution in [2.75, 3.05) is 0 Å². The van der Waals surface area contributed by atoms with Gasteiger partial charge < -0.3 is 0 Å². The average Bonchev–Trinajstić information content (AvgIpc) is 2.19. The molecule has 1 aliphatic rings. The van der Waals surface area contributed by atoms with Crippen molar-refractivity contribution >= 4 is 11.6 Å². The second-order valence-electron chi connectivity index (χ2n) is 3.17. The molecule has 0 spiro atoms. The normalized spacial score (nSPS) is 33.4. The molecule has 0 amide bonds. The minimum absolute atomic E-state index is 0.157. The average molecular weight is 140 g/mol. The number of ketones is 2. The van der Waals surface area contributed by atoms with E-state index >= 15 is 0 Å². The summed E-state index contributed by atoms with van der Waals surface area (Å²) in [5.41, 5.74) is -0.322. The van der Waals surface area contributed by atoms with Crippen LogP contribution in [-0.4, -0.2) is 11.6 Å². The van der Waals surface area contributed by atoms with E-state index in [0.29, 0.717) is 6.42 Å². The van der Waals surface area contributed by atoms with Crippen molar-refractivity contribution in [3.63, 3.8) is 0 Å². The summed E-state index contributed by atoms with van der Waals surface area (Å²) < 4.78 is 0. The lowest BCUT2D eigenvalue weighted by Gasteiger charge is -2.16. The Morgan fingerprint density at radius 1 is 1.50 bits per heavy atom. The third-order valence-corrected chi connectivity index (χ3v) is 2.49. The van der Waals surface area contributed by atoms with E-state index in [1.54, 1.807) is 0 Å². The molecule has 1 atom stereocenters.